The van der Waals surface area contributed by atoms with Crippen LogP contribution in [-0.4, -0.2) is 24.1 Å². The van der Waals surface area contributed by atoms with Crippen molar-refractivity contribution in [2.45, 2.75) is 44.8 Å². The predicted octanol–water partition coefficient (Wildman–Crippen LogP) is 3.67. The fourth-order valence-electron chi connectivity index (χ4n) is 4.89. The molecule has 2 heterocycles. The van der Waals surface area contributed by atoms with Crippen LogP contribution in [0.2, 0.25) is 0 Å². The monoisotopic (exact) mass is 342 g/mol. The minimum absolute atomic E-state index is 0.0875. The van der Waals surface area contributed by atoms with E-state index in [0.29, 0.717) is 17.9 Å². The molecule has 1 aliphatic heterocycles. The number of carbonyl (C=O) groups is 2. The second-order valence-corrected chi connectivity index (χ2v) is 7.79. The maximum absolute atomic E-state index is 12.2. The molecule has 1 aromatic heterocycles. The number of ether oxygens (including phenoxy) is 2. The van der Waals surface area contributed by atoms with Gasteiger partial charge in [-0.2, -0.15) is 0 Å². The van der Waals surface area contributed by atoms with Crippen molar-refractivity contribution in [1.82, 2.24) is 0 Å². The lowest BCUT2D eigenvalue weighted by Gasteiger charge is -2.51. The number of hydrogen-bond acceptors (Lipinski definition) is 5. The lowest BCUT2D eigenvalue weighted by atomic mass is 9.55. The van der Waals surface area contributed by atoms with E-state index in [-0.39, 0.29) is 35.3 Å². The molecule has 132 valence electrons. The maximum atomic E-state index is 12.2. The van der Waals surface area contributed by atoms with Gasteiger partial charge >= 0.3 is 11.9 Å². The van der Waals surface area contributed by atoms with Gasteiger partial charge in [0.1, 0.15) is 12.2 Å². The Morgan fingerprint density at radius 1 is 1.36 bits per heavy atom. The highest BCUT2D eigenvalue weighted by Crippen LogP contribution is 2.57. The Balaban J connectivity index is 1.51. The van der Waals surface area contributed by atoms with Gasteiger partial charge in [-0.05, 0) is 42.7 Å². The van der Waals surface area contributed by atoms with Crippen LogP contribution in [0.3, 0.4) is 0 Å². The van der Waals surface area contributed by atoms with Gasteiger partial charge in [0, 0.05) is 17.9 Å². The highest BCUT2D eigenvalue weighted by atomic mass is 16.6. The first-order valence-corrected chi connectivity index (χ1v) is 8.69. The van der Waals surface area contributed by atoms with Crippen molar-refractivity contribution in [3.05, 3.63) is 48.5 Å². The Morgan fingerprint density at radius 3 is 2.88 bits per heavy atom. The van der Waals surface area contributed by atoms with Crippen LogP contribution < -0.4 is 0 Å². The molecule has 3 aliphatic rings. The summed E-state index contributed by atoms with van der Waals surface area (Å²) in [5.74, 6) is -0.131. The molecule has 3 unspecified atom stereocenters. The molecule has 0 radical (unpaired) electrons. The Morgan fingerprint density at radius 2 is 2.16 bits per heavy atom. The molecule has 5 heteroatoms. The van der Waals surface area contributed by atoms with Gasteiger partial charge in [-0.3, -0.25) is 0 Å². The molecular formula is C20H22O5. The van der Waals surface area contributed by atoms with Gasteiger partial charge in [-0.15, -0.1) is 0 Å². The number of fused-ring (bicyclic) bond motifs is 2. The van der Waals surface area contributed by atoms with E-state index in [1.165, 1.54) is 6.26 Å². The molecule has 4 rings (SSSR count). The largest absolute Gasteiger partial charge is 0.458 e. The molecule has 0 N–H and O–H groups in total. The first-order chi connectivity index (χ1) is 11.9. The molecular weight excluding hydrogens is 320 g/mol. The van der Waals surface area contributed by atoms with Crippen LogP contribution in [0.4, 0.5) is 0 Å². The van der Waals surface area contributed by atoms with Gasteiger partial charge in [0.25, 0.3) is 0 Å². The van der Waals surface area contributed by atoms with Crippen molar-refractivity contribution in [3.63, 3.8) is 0 Å². The average Bonchev–Trinajstić information content (AvgIpc) is 3.15. The minimum atomic E-state index is -0.445. The summed E-state index contributed by atoms with van der Waals surface area (Å²) in [6.07, 6.45) is 4.07. The third-order valence-electron chi connectivity index (χ3n) is 6.09. The van der Waals surface area contributed by atoms with Crippen LogP contribution in [0.15, 0.2) is 47.1 Å². The van der Waals surface area contributed by atoms with Gasteiger partial charge in [0.05, 0.1) is 6.26 Å². The summed E-state index contributed by atoms with van der Waals surface area (Å²) >= 11 is 0. The zero-order chi connectivity index (χ0) is 17.8. The summed E-state index contributed by atoms with van der Waals surface area (Å²) < 4.78 is 16.3. The van der Waals surface area contributed by atoms with E-state index in [0.717, 1.165) is 24.8 Å². The molecule has 0 bridgehead atoms. The van der Waals surface area contributed by atoms with Crippen LogP contribution in [-0.2, 0) is 14.3 Å². The molecule has 1 saturated heterocycles. The highest BCUT2D eigenvalue weighted by molar-refractivity contribution is 5.91. The van der Waals surface area contributed by atoms with Crippen molar-refractivity contribution < 1.29 is 23.5 Å². The van der Waals surface area contributed by atoms with Gasteiger partial charge in [-0.25, -0.2) is 9.59 Å². The van der Waals surface area contributed by atoms with Crippen molar-refractivity contribution in [2.75, 3.05) is 0 Å². The molecule has 1 aromatic rings. The van der Waals surface area contributed by atoms with Crippen LogP contribution in [0.1, 0.15) is 43.2 Å². The quantitative estimate of drug-likeness (QED) is 0.466. The van der Waals surface area contributed by atoms with Gasteiger partial charge in [0.15, 0.2) is 0 Å². The predicted molar refractivity (Wildman–Crippen MR) is 89.6 cm³/mol. The molecule has 0 spiro atoms. The fraction of sp³-hybridized carbons (Fsp3) is 0.500. The molecule has 25 heavy (non-hydrogen) atoms. The lowest BCUT2D eigenvalue weighted by Crippen LogP contribution is -2.47. The summed E-state index contributed by atoms with van der Waals surface area (Å²) in [5.41, 5.74) is 1.57. The van der Waals surface area contributed by atoms with E-state index >= 15 is 0 Å². The summed E-state index contributed by atoms with van der Waals surface area (Å²) in [7, 11) is 0. The van der Waals surface area contributed by atoms with Crippen LogP contribution in [0.5, 0.6) is 0 Å². The Bertz CT molecular complexity index is 746. The third kappa shape index (κ3) is 2.62. The Kier molecular flexibility index (Phi) is 3.63. The topological polar surface area (TPSA) is 65.7 Å². The Hall–Kier alpha value is -2.30. The van der Waals surface area contributed by atoms with E-state index < -0.39 is 5.97 Å². The molecule has 0 aromatic carbocycles. The van der Waals surface area contributed by atoms with Gasteiger partial charge in [-0.1, -0.05) is 25.7 Å². The molecule has 5 nitrogen and oxygen atoms in total. The summed E-state index contributed by atoms with van der Waals surface area (Å²) in [4.78, 5) is 24.0. The fourth-order valence-corrected chi connectivity index (χ4v) is 4.89. The van der Waals surface area contributed by atoms with E-state index in [1.807, 2.05) is 0 Å². The summed E-state index contributed by atoms with van der Waals surface area (Å²) in [6.45, 7) is 10.3. The number of rotatable bonds is 2. The second-order valence-electron chi connectivity index (χ2n) is 7.79. The average molecular weight is 342 g/mol. The SMILES string of the molecule is C=C1C(=O)OC2C[C@@]3(C)C[C@@H](OC(=O)c4ccco4)CC(=C)C3CC12. The third-order valence-corrected chi connectivity index (χ3v) is 6.09. The molecule has 3 fully saturated rings. The van der Waals surface area contributed by atoms with Crippen molar-refractivity contribution >= 4 is 11.9 Å². The number of carbonyl (C=O) groups excluding carboxylic acids is 2. The minimum Gasteiger partial charge on any atom is -0.458 e. The van der Waals surface area contributed by atoms with Gasteiger partial charge < -0.3 is 13.9 Å². The smallest absolute Gasteiger partial charge is 0.374 e. The first-order valence-electron chi connectivity index (χ1n) is 8.69. The highest BCUT2D eigenvalue weighted by Gasteiger charge is 2.54. The summed E-state index contributed by atoms with van der Waals surface area (Å²) in [5, 5.41) is 0. The van der Waals surface area contributed by atoms with E-state index in [2.05, 4.69) is 20.1 Å². The van der Waals surface area contributed by atoms with Crippen LogP contribution in [0.25, 0.3) is 0 Å². The number of furan rings is 1. The van der Waals surface area contributed by atoms with E-state index in [1.54, 1.807) is 12.1 Å². The lowest BCUT2D eigenvalue weighted by molar-refractivity contribution is -0.142. The van der Waals surface area contributed by atoms with Crippen molar-refractivity contribution in [3.8, 4) is 0 Å². The molecule has 2 aliphatic carbocycles. The number of esters is 2. The zero-order valence-corrected chi connectivity index (χ0v) is 14.3. The second kappa shape index (κ2) is 5.61. The van der Waals surface area contributed by atoms with Crippen molar-refractivity contribution in [1.29, 1.82) is 0 Å². The van der Waals surface area contributed by atoms with Crippen LogP contribution >= 0.6 is 0 Å². The first kappa shape index (κ1) is 16.2. The summed E-state index contributed by atoms with van der Waals surface area (Å²) in [6, 6.07) is 3.26. The normalized spacial score (nSPS) is 37.2. The zero-order valence-electron chi connectivity index (χ0n) is 14.3. The molecule has 5 atom stereocenters. The Labute approximate surface area is 146 Å². The standard InChI is InChI=1S/C20H22O5/c1-11-7-13(24-19(22)16-5-4-6-23-16)9-20(3)10-17-14(8-15(11)20)12(2)18(21)25-17/h4-6,13-15,17H,1-2,7-10H2,3H3/t13-,14?,15?,17?,20+/m0/s1. The molecule has 2 saturated carbocycles. The van der Waals surface area contributed by atoms with Crippen LogP contribution in [0, 0.1) is 17.3 Å². The maximum Gasteiger partial charge on any atom is 0.374 e. The van der Waals surface area contributed by atoms with Crippen molar-refractivity contribution in [2.24, 2.45) is 17.3 Å². The van der Waals surface area contributed by atoms with Gasteiger partial charge in [0.2, 0.25) is 5.76 Å². The number of hydrogen-bond donors (Lipinski definition) is 0. The van der Waals surface area contributed by atoms with E-state index in [9.17, 15) is 9.59 Å². The molecule has 0 amide bonds. The van der Waals surface area contributed by atoms with E-state index in [4.69, 9.17) is 13.9 Å².